The predicted octanol–water partition coefficient (Wildman–Crippen LogP) is 4.46. The van der Waals surface area contributed by atoms with Gasteiger partial charge in [-0.15, -0.1) is 0 Å². The van der Waals surface area contributed by atoms with Crippen molar-refractivity contribution in [3.05, 3.63) is 35.4 Å². The van der Waals surface area contributed by atoms with Crippen LogP contribution < -0.4 is 0 Å². The van der Waals surface area contributed by atoms with Gasteiger partial charge in [-0.3, -0.25) is 0 Å². The largest absolute Gasteiger partial charge is 0.429 e. The summed E-state index contributed by atoms with van der Waals surface area (Å²) in [6.07, 6.45) is 1.13. The van der Waals surface area contributed by atoms with Crippen molar-refractivity contribution in [2.24, 2.45) is 5.92 Å². The highest BCUT2D eigenvalue weighted by Gasteiger charge is 2.60. The Labute approximate surface area is 135 Å². The molecule has 0 radical (unpaired) electrons. The molecule has 1 aromatic carbocycles. The molecule has 2 aliphatic rings. The maximum absolute atomic E-state index is 6.65. The second-order valence-electron chi connectivity index (χ2n) is 8.35. The summed E-state index contributed by atoms with van der Waals surface area (Å²) >= 11 is 0. The molecule has 0 spiro atoms. The van der Waals surface area contributed by atoms with Crippen LogP contribution in [0.2, 0.25) is 0 Å². The molecule has 1 heterocycles. The summed E-state index contributed by atoms with van der Waals surface area (Å²) in [5.41, 5.74) is 2.78. The number of nitrogens with zero attached hydrogens (tertiary/aromatic N) is 1. The third kappa shape index (κ3) is 2.03. The van der Waals surface area contributed by atoms with Crippen molar-refractivity contribution in [2.45, 2.75) is 78.0 Å². The first-order chi connectivity index (χ1) is 10.2. The molecule has 0 saturated heterocycles. The Kier molecular flexibility index (Phi) is 3.43. The summed E-state index contributed by atoms with van der Waals surface area (Å²) in [5.74, 6) is 1.58. The highest BCUT2D eigenvalue weighted by atomic mass is 16.5. The van der Waals surface area contributed by atoms with Crippen LogP contribution in [0, 0.1) is 5.92 Å². The van der Waals surface area contributed by atoms with Crippen molar-refractivity contribution in [1.82, 2.24) is 0 Å². The van der Waals surface area contributed by atoms with Crippen LogP contribution >= 0.6 is 0 Å². The van der Waals surface area contributed by atoms with E-state index >= 15 is 0 Å². The second kappa shape index (κ2) is 4.84. The third-order valence-corrected chi connectivity index (χ3v) is 5.49. The van der Waals surface area contributed by atoms with E-state index in [1.54, 1.807) is 0 Å². The van der Waals surface area contributed by atoms with Gasteiger partial charge in [-0.2, -0.15) is 4.58 Å². The van der Waals surface area contributed by atoms with Crippen molar-refractivity contribution in [3.63, 3.8) is 0 Å². The summed E-state index contributed by atoms with van der Waals surface area (Å²) in [6, 6.07) is 9.74. The number of rotatable bonds is 2. The Morgan fingerprint density at radius 3 is 2.18 bits per heavy atom. The molecule has 1 aliphatic heterocycles. The van der Waals surface area contributed by atoms with Gasteiger partial charge in [0.15, 0.2) is 11.6 Å². The van der Waals surface area contributed by atoms with Crippen molar-refractivity contribution in [1.29, 1.82) is 0 Å². The Balaban J connectivity index is 2.21. The molecule has 120 valence electrons. The fourth-order valence-electron chi connectivity index (χ4n) is 4.41. The van der Waals surface area contributed by atoms with E-state index in [-0.39, 0.29) is 11.0 Å². The number of fused-ring (bicyclic) bond motifs is 3. The molecule has 0 N–H and O–H groups in total. The topological polar surface area (TPSA) is 12.2 Å². The lowest BCUT2D eigenvalue weighted by molar-refractivity contribution is -0.598. The van der Waals surface area contributed by atoms with Crippen molar-refractivity contribution in [2.75, 3.05) is 0 Å². The first kappa shape index (κ1) is 15.6. The monoisotopic (exact) mass is 300 g/mol. The lowest BCUT2D eigenvalue weighted by Gasteiger charge is -2.42. The van der Waals surface area contributed by atoms with Gasteiger partial charge in [0.1, 0.15) is 0 Å². The Morgan fingerprint density at radius 2 is 1.64 bits per heavy atom. The second-order valence-corrected chi connectivity index (χ2v) is 8.35. The molecule has 3 rings (SSSR count). The zero-order valence-electron chi connectivity index (χ0n) is 15.1. The summed E-state index contributed by atoms with van der Waals surface area (Å²) in [6.45, 7) is 16.1. The number of hydrogen-bond donors (Lipinski definition) is 0. The number of ether oxygens (including phenoxy) is 1. The number of benzene rings is 1. The molecule has 1 aromatic rings. The van der Waals surface area contributed by atoms with E-state index in [9.17, 15) is 0 Å². The molecule has 0 fully saturated rings. The van der Waals surface area contributed by atoms with E-state index in [4.69, 9.17) is 4.74 Å². The molecule has 0 aromatic heterocycles. The molecule has 2 atom stereocenters. The van der Waals surface area contributed by atoms with Crippen LogP contribution in [0.15, 0.2) is 24.3 Å². The molecule has 1 aliphatic carbocycles. The van der Waals surface area contributed by atoms with Gasteiger partial charge in [0, 0.05) is 12.0 Å². The van der Waals surface area contributed by atoms with Crippen molar-refractivity contribution < 1.29 is 9.31 Å². The molecule has 0 amide bonds. The fraction of sp³-hybridized carbons (Fsp3) is 0.650. The average Bonchev–Trinajstić information content (AvgIpc) is 2.73. The molecule has 0 unspecified atom stereocenters. The van der Waals surface area contributed by atoms with Gasteiger partial charge in [-0.25, -0.2) is 0 Å². The molecule has 0 saturated carbocycles. The van der Waals surface area contributed by atoms with Gasteiger partial charge in [-0.1, -0.05) is 38.1 Å². The molecular formula is C20H30NO+. The predicted molar refractivity (Wildman–Crippen MR) is 91.6 cm³/mol. The standard InChI is InChI=1S/C20H30NO/c1-13(2)18-21(14(3)4)17-12-19(5,6)15-10-8-9-11-16(15)20(17,7)22-18/h8-11,13-14,17H,12H2,1-7H3/q+1/t17-,20+/m1/s1. The van der Waals surface area contributed by atoms with E-state index in [0.29, 0.717) is 18.0 Å². The van der Waals surface area contributed by atoms with Crippen LogP contribution in [0.4, 0.5) is 0 Å². The minimum Gasteiger partial charge on any atom is -0.429 e. The van der Waals surface area contributed by atoms with Crippen LogP contribution in [0.1, 0.15) is 66.0 Å². The van der Waals surface area contributed by atoms with Crippen molar-refractivity contribution in [3.8, 4) is 0 Å². The Hall–Kier alpha value is -1.31. The normalized spacial score (nSPS) is 29.6. The summed E-state index contributed by atoms with van der Waals surface area (Å²) in [4.78, 5) is 0. The van der Waals surface area contributed by atoms with Gasteiger partial charge >= 0.3 is 5.90 Å². The van der Waals surface area contributed by atoms with Crippen LogP contribution in [0.3, 0.4) is 0 Å². The smallest absolute Gasteiger partial charge is 0.340 e. The van der Waals surface area contributed by atoms with Gasteiger partial charge in [-0.05, 0) is 45.6 Å². The first-order valence-electron chi connectivity index (χ1n) is 8.62. The van der Waals surface area contributed by atoms with Crippen LogP contribution in [-0.2, 0) is 15.8 Å². The first-order valence-corrected chi connectivity index (χ1v) is 8.62. The minimum atomic E-state index is -0.226. The molecular weight excluding hydrogens is 270 g/mol. The average molecular weight is 300 g/mol. The minimum absolute atomic E-state index is 0.184. The summed E-state index contributed by atoms with van der Waals surface area (Å²) in [5, 5.41) is 0. The zero-order chi connectivity index (χ0) is 16.3. The maximum atomic E-state index is 6.65. The van der Waals surface area contributed by atoms with Gasteiger partial charge in [0.25, 0.3) is 0 Å². The number of hydrogen-bond acceptors (Lipinski definition) is 1. The molecule has 2 nitrogen and oxygen atoms in total. The van der Waals surface area contributed by atoms with E-state index in [1.165, 1.54) is 11.1 Å². The molecule has 2 heteroatoms. The highest BCUT2D eigenvalue weighted by molar-refractivity contribution is 5.75. The van der Waals surface area contributed by atoms with E-state index < -0.39 is 0 Å². The highest BCUT2D eigenvalue weighted by Crippen LogP contribution is 2.50. The van der Waals surface area contributed by atoms with E-state index in [2.05, 4.69) is 77.3 Å². The van der Waals surface area contributed by atoms with Crippen LogP contribution in [0.5, 0.6) is 0 Å². The fourth-order valence-corrected chi connectivity index (χ4v) is 4.41. The SMILES string of the molecule is CC(C)C1=[N+](C(C)C)[C@@H]2CC(C)(C)c3ccccc3[C@]2(C)O1. The molecule has 22 heavy (non-hydrogen) atoms. The summed E-state index contributed by atoms with van der Waals surface area (Å²) < 4.78 is 9.19. The quantitative estimate of drug-likeness (QED) is 0.735. The van der Waals surface area contributed by atoms with E-state index in [1.807, 2.05) is 0 Å². The summed E-state index contributed by atoms with van der Waals surface area (Å²) in [7, 11) is 0. The van der Waals surface area contributed by atoms with Crippen LogP contribution in [0.25, 0.3) is 0 Å². The third-order valence-electron chi connectivity index (χ3n) is 5.49. The molecule has 0 bridgehead atoms. The van der Waals surface area contributed by atoms with Crippen molar-refractivity contribution >= 4 is 5.90 Å². The van der Waals surface area contributed by atoms with E-state index in [0.717, 1.165) is 12.3 Å². The Morgan fingerprint density at radius 1 is 1.05 bits per heavy atom. The van der Waals surface area contributed by atoms with Gasteiger partial charge in [0.05, 0.1) is 5.92 Å². The lowest BCUT2D eigenvalue weighted by atomic mass is 9.65. The maximum Gasteiger partial charge on any atom is 0.340 e. The van der Waals surface area contributed by atoms with Crippen LogP contribution in [-0.4, -0.2) is 22.6 Å². The zero-order valence-corrected chi connectivity index (χ0v) is 15.1. The van der Waals surface area contributed by atoms with Gasteiger partial charge < -0.3 is 4.74 Å². The Bertz CT molecular complexity index is 626. The lowest BCUT2D eigenvalue weighted by Crippen LogP contribution is -2.50. The van der Waals surface area contributed by atoms with Gasteiger partial charge in [0.2, 0.25) is 6.04 Å².